The van der Waals surface area contributed by atoms with Crippen LogP contribution in [0.4, 0.5) is 8.78 Å². The first-order valence-electron chi connectivity index (χ1n) is 5.39. The van der Waals surface area contributed by atoms with E-state index in [9.17, 15) is 8.78 Å². The van der Waals surface area contributed by atoms with Gasteiger partial charge in [0, 0.05) is 15.6 Å². The van der Waals surface area contributed by atoms with E-state index in [0.717, 1.165) is 6.07 Å². The van der Waals surface area contributed by atoms with Crippen LogP contribution in [0.1, 0.15) is 17.2 Å². The number of hydrazine groups is 1. The normalized spacial score (nSPS) is 12.5. The molecular weight excluding hydrogens is 293 g/mol. The average molecular weight is 303 g/mol. The Morgan fingerprint density at radius 1 is 1.05 bits per heavy atom. The summed E-state index contributed by atoms with van der Waals surface area (Å²) >= 11 is 11.9. The molecule has 2 aromatic carbocycles. The fourth-order valence-electron chi connectivity index (χ4n) is 1.85. The second kappa shape index (κ2) is 5.84. The van der Waals surface area contributed by atoms with Crippen LogP contribution in [0.2, 0.25) is 10.0 Å². The lowest BCUT2D eigenvalue weighted by Gasteiger charge is -2.20. The van der Waals surface area contributed by atoms with Gasteiger partial charge in [-0.05, 0) is 29.8 Å². The van der Waals surface area contributed by atoms with Crippen molar-refractivity contribution in [1.82, 2.24) is 5.43 Å². The smallest absolute Gasteiger partial charge is 0.129 e. The lowest BCUT2D eigenvalue weighted by molar-refractivity contribution is 0.559. The third-order valence-corrected chi connectivity index (χ3v) is 3.39. The Hall–Kier alpha value is -1.20. The Morgan fingerprint density at radius 3 is 2.37 bits per heavy atom. The minimum Gasteiger partial charge on any atom is -0.271 e. The zero-order valence-corrected chi connectivity index (χ0v) is 11.1. The third kappa shape index (κ3) is 2.87. The van der Waals surface area contributed by atoms with Gasteiger partial charge in [-0.2, -0.15) is 0 Å². The topological polar surface area (TPSA) is 38.0 Å². The predicted octanol–water partition coefficient (Wildman–Crippen LogP) is 3.82. The van der Waals surface area contributed by atoms with Gasteiger partial charge in [0.1, 0.15) is 11.6 Å². The molecule has 1 atom stereocenters. The molecular formula is C13H10Cl2F2N2. The Morgan fingerprint density at radius 2 is 1.79 bits per heavy atom. The molecule has 6 heteroatoms. The van der Waals surface area contributed by atoms with Crippen molar-refractivity contribution in [2.24, 2.45) is 5.84 Å². The highest BCUT2D eigenvalue weighted by Crippen LogP contribution is 2.33. The lowest BCUT2D eigenvalue weighted by Crippen LogP contribution is -2.30. The van der Waals surface area contributed by atoms with Crippen molar-refractivity contribution in [3.63, 3.8) is 0 Å². The largest absolute Gasteiger partial charge is 0.271 e. The highest BCUT2D eigenvalue weighted by molar-refractivity contribution is 6.32. The molecule has 0 aliphatic rings. The van der Waals surface area contributed by atoms with Crippen molar-refractivity contribution in [2.45, 2.75) is 6.04 Å². The van der Waals surface area contributed by atoms with Gasteiger partial charge in [0.05, 0.1) is 6.04 Å². The molecule has 100 valence electrons. The van der Waals surface area contributed by atoms with Gasteiger partial charge in [-0.1, -0.05) is 35.3 Å². The molecule has 0 saturated carbocycles. The van der Waals surface area contributed by atoms with Crippen molar-refractivity contribution >= 4 is 23.2 Å². The van der Waals surface area contributed by atoms with Crippen molar-refractivity contribution in [1.29, 1.82) is 0 Å². The molecule has 0 amide bonds. The Balaban J connectivity index is 2.56. The number of hydrogen-bond donors (Lipinski definition) is 2. The van der Waals surface area contributed by atoms with Crippen molar-refractivity contribution < 1.29 is 8.78 Å². The Bertz CT molecular complexity index is 585. The number of benzene rings is 2. The molecule has 0 heterocycles. The minimum atomic E-state index is -0.762. The second-order valence-corrected chi connectivity index (χ2v) is 4.72. The van der Waals surface area contributed by atoms with E-state index in [-0.39, 0.29) is 15.6 Å². The van der Waals surface area contributed by atoms with Gasteiger partial charge in [-0.15, -0.1) is 0 Å². The van der Waals surface area contributed by atoms with Crippen LogP contribution in [-0.4, -0.2) is 0 Å². The fraction of sp³-hybridized carbons (Fsp3) is 0.0769. The molecule has 19 heavy (non-hydrogen) atoms. The first-order valence-corrected chi connectivity index (χ1v) is 6.15. The van der Waals surface area contributed by atoms with E-state index in [1.165, 1.54) is 24.3 Å². The molecule has 3 N–H and O–H groups in total. The zero-order chi connectivity index (χ0) is 14.0. The van der Waals surface area contributed by atoms with Gasteiger partial charge in [-0.25, -0.2) is 14.2 Å². The summed E-state index contributed by atoms with van der Waals surface area (Å²) in [5.41, 5.74) is 3.05. The maximum absolute atomic E-state index is 13.9. The maximum atomic E-state index is 13.9. The lowest BCUT2D eigenvalue weighted by atomic mass is 9.98. The zero-order valence-electron chi connectivity index (χ0n) is 9.63. The average Bonchev–Trinajstić information content (AvgIpc) is 2.35. The summed E-state index contributed by atoms with van der Waals surface area (Å²) in [6.45, 7) is 0. The molecule has 1 unspecified atom stereocenters. The molecule has 2 nitrogen and oxygen atoms in total. The fourth-order valence-corrected chi connectivity index (χ4v) is 2.40. The van der Waals surface area contributed by atoms with E-state index in [1.54, 1.807) is 6.07 Å². The van der Waals surface area contributed by atoms with Crippen LogP contribution in [0.3, 0.4) is 0 Å². The first kappa shape index (κ1) is 14.2. The quantitative estimate of drug-likeness (QED) is 0.668. The van der Waals surface area contributed by atoms with Gasteiger partial charge in [-0.3, -0.25) is 5.84 Å². The summed E-state index contributed by atoms with van der Waals surface area (Å²) < 4.78 is 26.9. The number of rotatable bonds is 3. The minimum absolute atomic E-state index is 0.141. The molecule has 2 aromatic rings. The van der Waals surface area contributed by atoms with Crippen molar-refractivity contribution in [3.05, 3.63) is 69.2 Å². The summed E-state index contributed by atoms with van der Waals surface area (Å²) in [6.07, 6.45) is 0. The van der Waals surface area contributed by atoms with Crippen LogP contribution in [0.25, 0.3) is 0 Å². The summed E-state index contributed by atoms with van der Waals surface area (Å²) in [5.74, 6) is 4.45. The maximum Gasteiger partial charge on any atom is 0.129 e. The number of nitrogens with two attached hydrogens (primary N) is 1. The second-order valence-electron chi connectivity index (χ2n) is 3.90. The van der Waals surface area contributed by atoms with E-state index in [0.29, 0.717) is 5.56 Å². The van der Waals surface area contributed by atoms with Gasteiger partial charge < -0.3 is 0 Å². The predicted molar refractivity (Wildman–Crippen MR) is 72.0 cm³/mol. The van der Waals surface area contributed by atoms with E-state index in [2.05, 4.69) is 5.43 Å². The van der Waals surface area contributed by atoms with Crippen LogP contribution in [0.15, 0.2) is 36.4 Å². The van der Waals surface area contributed by atoms with E-state index < -0.39 is 17.7 Å². The number of nitrogens with one attached hydrogen (secondary N) is 1. The van der Waals surface area contributed by atoms with Crippen LogP contribution in [-0.2, 0) is 0 Å². The van der Waals surface area contributed by atoms with Crippen molar-refractivity contribution in [2.75, 3.05) is 0 Å². The van der Waals surface area contributed by atoms with Crippen LogP contribution < -0.4 is 11.3 Å². The SMILES string of the molecule is NNC(c1ccc(F)cc1Cl)c1c(F)cccc1Cl. The van der Waals surface area contributed by atoms with Crippen LogP contribution >= 0.6 is 23.2 Å². The molecule has 0 radical (unpaired) electrons. The van der Waals surface area contributed by atoms with E-state index in [1.807, 2.05) is 0 Å². The summed E-state index contributed by atoms with van der Waals surface area (Å²) in [4.78, 5) is 0. The van der Waals surface area contributed by atoms with Gasteiger partial charge in [0.15, 0.2) is 0 Å². The highest BCUT2D eigenvalue weighted by atomic mass is 35.5. The standard InChI is InChI=1S/C13H10Cl2F2N2/c14-9-2-1-3-11(17)12(9)13(19-18)8-5-4-7(16)6-10(8)15/h1-6,13,19H,18H2. The number of halogens is 4. The number of hydrogen-bond acceptors (Lipinski definition) is 2. The molecule has 0 bridgehead atoms. The Kier molecular flexibility index (Phi) is 4.37. The summed E-state index contributed by atoms with van der Waals surface area (Å²) in [5, 5.41) is 0.352. The molecule has 0 spiro atoms. The molecule has 0 fully saturated rings. The first-order chi connectivity index (χ1) is 9.04. The molecule has 0 aromatic heterocycles. The third-order valence-electron chi connectivity index (χ3n) is 2.73. The van der Waals surface area contributed by atoms with Gasteiger partial charge >= 0.3 is 0 Å². The molecule has 2 rings (SSSR count). The monoisotopic (exact) mass is 302 g/mol. The van der Waals surface area contributed by atoms with Crippen LogP contribution in [0, 0.1) is 11.6 Å². The van der Waals surface area contributed by atoms with E-state index in [4.69, 9.17) is 29.0 Å². The molecule has 0 saturated heterocycles. The molecule has 0 aliphatic carbocycles. The summed E-state index contributed by atoms with van der Waals surface area (Å²) in [6, 6.07) is 7.33. The summed E-state index contributed by atoms with van der Waals surface area (Å²) in [7, 11) is 0. The van der Waals surface area contributed by atoms with Gasteiger partial charge in [0.25, 0.3) is 0 Å². The molecule has 0 aliphatic heterocycles. The van der Waals surface area contributed by atoms with Gasteiger partial charge in [0.2, 0.25) is 0 Å². The van der Waals surface area contributed by atoms with E-state index >= 15 is 0 Å². The Labute approximate surface area is 119 Å². The van der Waals surface area contributed by atoms with Crippen LogP contribution in [0.5, 0.6) is 0 Å². The highest BCUT2D eigenvalue weighted by Gasteiger charge is 2.22. The van der Waals surface area contributed by atoms with Crippen molar-refractivity contribution in [3.8, 4) is 0 Å².